The monoisotopic (exact) mass is 1110 g/mol. The van der Waals surface area contributed by atoms with E-state index in [0.717, 1.165) is 64.2 Å². The Morgan fingerprint density at radius 2 is 0.792 bits per heavy atom. The summed E-state index contributed by atoms with van der Waals surface area (Å²) in [6.07, 6.45) is 70.1. The third kappa shape index (κ3) is 58.7. The summed E-state index contributed by atoms with van der Waals surface area (Å²) in [4.78, 5) is 37.7. The lowest BCUT2D eigenvalue weighted by molar-refractivity contribution is -0.870. The number of nitrogens with one attached hydrogen (secondary N) is 1. The number of esters is 1. The second-order valence-electron chi connectivity index (χ2n) is 24.0. The molecule has 3 unspecified atom stereocenters. The van der Waals surface area contributed by atoms with Crippen LogP contribution in [0.2, 0.25) is 0 Å². The number of hydrogen-bond acceptors (Lipinski definition) is 6. The van der Waals surface area contributed by atoms with Crippen LogP contribution >= 0.6 is 7.82 Å². The third-order valence-corrected chi connectivity index (χ3v) is 16.1. The number of carbonyl (C=O) groups is 2. The van der Waals surface area contributed by atoms with Gasteiger partial charge in [0.1, 0.15) is 19.3 Å². The smallest absolute Gasteiger partial charge is 0.456 e. The van der Waals surface area contributed by atoms with Gasteiger partial charge in [-0.15, -0.1) is 0 Å². The van der Waals surface area contributed by atoms with Gasteiger partial charge in [-0.2, -0.15) is 0 Å². The van der Waals surface area contributed by atoms with E-state index >= 15 is 0 Å². The summed E-state index contributed by atoms with van der Waals surface area (Å²) in [7, 11) is 1.51. The van der Waals surface area contributed by atoms with Crippen LogP contribution < -0.4 is 5.32 Å². The van der Waals surface area contributed by atoms with Crippen LogP contribution in [0.3, 0.4) is 0 Å². The van der Waals surface area contributed by atoms with Crippen LogP contribution in [0.1, 0.15) is 329 Å². The summed E-state index contributed by atoms with van der Waals surface area (Å²) in [6, 6.07) is -0.843. The minimum absolute atomic E-state index is 0.0433. The van der Waals surface area contributed by atoms with E-state index < -0.39 is 20.0 Å². The Hall–Kier alpha value is -1.77. The van der Waals surface area contributed by atoms with E-state index in [1.54, 1.807) is 0 Å². The number of phosphoric acid groups is 1. The SMILES string of the molecule is CCCCC/C=C\C/C=C\CCCCCCCCCCCCCCCCCC(=O)NC(COP(=O)(O)OCC[N+](C)(C)C)C(/C=C\CCCCCCCCCCC)OC(=O)CCCCCCCCCCCCCCCCC. The molecular formula is C67H130N2O7P+. The Labute approximate surface area is 478 Å². The summed E-state index contributed by atoms with van der Waals surface area (Å²) in [5, 5.41) is 3.07. The van der Waals surface area contributed by atoms with Crippen molar-refractivity contribution in [2.24, 2.45) is 0 Å². The molecule has 0 spiro atoms. The Morgan fingerprint density at radius 1 is 0.455 bits per heavy atom. The normalized spacial score (nSPS) is 13.8. The molecule has 77 heavy (non-hydrogen) atoms. The Balaban J connectivity index is 5.02. The predicted molar refractivity (Wildman–Crippen MR) is 332 cm³/mol. The first-order valence-corrected chi connectivity index (χ1v) is 34.8. The highest BCUT2D eigenvalue weighted by atomic mass is 31.2. The number of ether oxygens (including phenoxy) is 1. The van der Waals surface area contributed by atoms with E-state index in [-0.39, 0.29) is 25.1 Å². The van der Waals surface area contributed by atoms with Crippen LogP contribution in [-0.4, -0.2) is 74.3 Å². The number of carbonyl (C=O) groups excluding carboxylic acids is 2. The van der Waals surface area contributed by atoms with E-state index in [4.69, 9.17) is 13.8 Å². The van der Waals surface area contributed by atoms with Gasteiger partial charge in [0.2, 0.25) is 5.91 Å². The minimum Gasteiger partial charge on any atom is -0.456 e. The van der Waals surface area contributed by atoms with E-state index in [9.17, 15) is 19.0 Å². The Bertz CT molecular complexity index is 1410. The molecule has 0 heterocycles. The number of hydrogen-bond donors (Lipinski definition) is 2. The zero-order valence-electron chi connectivity index (χ0n) is 52.0. The second-order valence-corrected chi connectivity index (χ2v) is 25.5. The highest BCUT2D eigenvalue weighted by Gasteiger charge is 2.30. The molecule has 0 saturated carbocycles. The maximum absolute atomic E-state index is 13.6. The molecule has 0 saturated heterocycles. The predicted octanol–water partition coefficient (Wildman–Crippen LogP) is 20.7. The fraction of sp³-hybridized carbons (Fsp3) is 0.881. The summed E-state index contributed by atoms with van der Waals surface area (Å²) < 4.78 is 30.7. The molecule has 2 N–H and O–H groups in total. The van der Waals surface area contributed by atoms with Gasteiger partial charge in [-0.25, -0.2) is 4.57 Å². The first-order valence-electron chi connectivity index (χ1n) is 33.3. The van der Waals surface area contributed by atoms with Crippen molar-refractivity contribution < 1.29 is 37.3 Å². The maximum atomic E-state index is 13.6. The van der Waals surface area contributed by atoms with E-state index in [1.165, 1.54) is 231 Å². The fourth-order valence-corrected chi connectivity index (χ4v) is 10.7. The zero-order valence-corrected chi connectivity index (χ0v) is 52.9. The number of rotatable bonds is 61. The molecule has 3 atom stereocenters. The first-order chi connectivity index (χ1) is 37.4. The van der Waals surface area contributed by atoms with Gasteiger partial charge in [0.25, 0.3) is 0 Å². The molecule has 10 heteroatoms. The molecule has 0 aromatic rings. The van der Waals surface area contributed by atoms with E-state index in [0.29, 0.717) is 23.9 Å². The number of quaternary nitrogens is 1. The third-order valence-electron chi connectivity index (χ3n) is 15.1. The number of amides is 1. The summed E-state index contributed by atoms with van der Waals surface area (Å²) in [6.45, 7) is 7.03. The van der Waals surface area contributed by atoms with Gasteiger partial charge in [-0.3, -0.25) is 18.6 Å². The maximum Gasteiger partial charge on any atom is 0.472 e. The van der Waals surface area contributed by atoms with Crippen molar-refractivity contribution in [3.8, 4) is 0 Å². The highest BCUT2D eigenvalue weighted by molar-refractivity contribution is 7.47. The van der Waals surface area contributed by atoms with Crippen molar-refractivity contribution >= 4 is 19.7 Å². The number of phosphoric ester groups is 1. The van der Waals surface area contributed by atoms with Gasteiger partial charge >= 0.3 is 13.8 Å². The fourth-order valence-electron chi connectivity index (χ4n) is 9.91. The molecule has 0 rings (SSSR count). The molecule has 0 fully saturated rings. The molecule has 454 valence electrons. The molecule has 1 amide bonds. The number of nitrogens with zero attached hydrogens (tertiary/aromatic N) is 1. The molecule has 0 aromatic carbocycles. The minimum atomic E-state index is -4.44. The van der Waals surface area contributed by atoms with E-state index in [2.05, 4.69) is 50.4 Å². The zero-order chi connectivity index (χ0) is 56.4. The van der Waals surface area contributed by atoms with Crippen LogP contribution in [0.25, 0.3) is 0 Å². The lowest BCUT2D eigenvalue weighted by atomic mass is 10.0. The van der Waals surface area contributed by atoms with Gasteiger partial charge in [-0.1, -0.05) is 289 Å². The Morgan fingerprint density at radius 3 is 1.19 bits per heavy atom. The number of allylic oxidation sites excluding steroid dienone is 5. The summed E-state index contributed by atoms with van der Waals surface area (Å²) in [5.41, 5.74) is 0. The molecular weight excluding hydrogens is 976 g/mol. The van der Waals surface area contributed by atoms with Crippen molar-refractivity contribution in [3.05, 3.63) is 36.5 Å². The molecule has 9 nitrogen and oxygen atoms in total. The van der Waals surface area contributed by atoms with Crippen molar-refractivity contribution in [1.82, 2.24) is 5.32 Å². The highest BCUT2D eigenvalue weighted by Crippen LogP contribution is 2.43. The van der Waals surface area contributed by atoms with Crippen LogP contribution in [0.4, 0.5) is 0 Å². The topological polar surface area (TPSA) is 111 Å². The van der Waals surface area contributed by atoms with Crippen LogP contribution in [0.15, 0.2) is 36.5 Å². The second kappa shape index (κ2) is 57.5. The van der Waals surface area contributed by atoms with Crippen molar-refractivity contribution in [1.29, 1.82) is 0 Å². The molecule has 0 aliphatic carbocycles. The average Bonchev–Trinajstić information content (AvgIpc) is 3.39. The summed E-state index contributed by atoms with van der Waals surface area (Å²) in [5.74, 6) is -0.489. The molecule has 0 bridgehead atoms. The average molecular weight is 1110 g/mol. The quantitative estimate of drug-likeness (QED) is 0.0205. The van der Waals surface area contributed by atoms with Gasteiger partial charge in [-0.05, 0) is 63.9 Å². The van der Waals surface area contributed by atoms with Gasteiger partial charge in [0.05, 0.1) is 33.8 Å². The van der Waals surface area contributed by atoms with Gasteiger partial charge in [0.15, 0.2) is 0 Å². The van der Waals surface area contributed by atoms with Crippen molar-refractivity contribution in [2.75, 3.05) is 40.9 Å². The number of likely N-dealkylation sites (N-methyl/N-ethyl adjacent to an activating group) is 1. The van der Waals surface area contributed by atoms with Crippen LogP contribution in [0, 0.1) is 0 Å². The first kappa shape index (κ1) is 75.2. The largest absolute Gasteiger partial charge is 0.472 e. The lowest BCUT2D eigenvalue weighted by Gasteiger charge is -2.27. The summed E-state index contributed by atoms with van der Waals surface area (Å²) >= 11 is 0. The molecule has 0 aliphatic rings. The van der Waals surface area contributed by atoms with Crippen LogP contribution in [-0.2, 0) is 27.9 Å². The lowest BCUT2D eigenvalue weighted by Crippen LogP contribution is -2.47. The van der Waals surface area contributed by atoms with Gasteiger partial charge in [0, 0.05) is 12.8 Å². The molecule has 0 aliphatic heterocycles. The number of unbranched alkanes of at least 4 members (excludes halogenated alkanes) is 41. The van der Waals surface area contributed by atoms with E-state index in [1.807, 2.05) is 33.3 Å². The molecule has 0 radical (unpaired) electrons. The molecule has 0 aromatic heterocycles. The van der Waals surface area contributed by atoms with Gasteiger partial charge < -0.3 is 19.4 Å². The standard InChI is InChI=1S/C67H129N2O7P/c1-7-10-13-16-19-22-25-27-29-30-31-32-33-34-35-36-37-38-40-41-44-47-50-53-56-59-66(70)68-64(63-75-77(72,73)74-62-61-69(4,5)6)65(58-55-52-49-46-43-24-21-18-15-12-9-3)76-67(71)60-57-54-51-48-45-42-39-28-26-23-20-17-14-11-8-2/h19,22,27,29,55,58,64-65H,7-18,20-21,23-26,28,30-54,56-57,59-63H2,1-6H3,(H-,68,70,72,73)/p+1/b22-19-,29-27-,58-55-. The van der Waals surface area contributed by atoms with Crippen molar-refractivity contribution in [3.63, 3.8) is 0 Å². The van der Waals surface area contributed by atoms with Crippen LogP contribution in [0.5, 0.6) is 0 Å². The van der Waals surface area contributed by atoms with Crippen molar-refractivity contribution in [2.45, 2.75) is 341 Å². The Kier molecular flexibility index (Phi) is 56.1.